The summed E-state index contributed by atoms with van der Waals surface area (Å²) in [6.45, 7) is 3.72. The van der Waals surface area contributed by atoms with Gasteiger partial charge < -0.3 is 10.4 Å². The largest absolute Gasteiger partial charge is 0.481 e. The molecule has 0 bridgehead atoms. The van der Waals surface area contributed by atoms with Crippen molar-refractivity contribution in [1.82, 2.24) is 5.32 Å². The van der Waals surface area contributed by atoms with Crippen LogP contribution in [0.25, 0.3) is 0 Å². The van der Waals surface area contributed by atoms with Crippen LogP contribution < -0.4 is 5.32 Å². The highest BCUT2D eigenvalue weighted by molar-refractivity contribution is 9.10. The second-order valence-corrected chi connectivity index (χ2v) is 5.79. The Balaban J connectivity index is 2.69. The van der Waals surface area contributed by atoms with Crippen molar-refractivity contribution in [3.8, 4) is 0 Å². The molecule has 19 heavy (non-hydrogen) atoms. The van der Waals surface area contributed by atoms with Gasteiger partial charge in [0.1, 0.15) is 0 Å². The highest BCUT2D eigenvalue weighted by Crippen LogP contribution is 2.23. The van der Waals surface area contributed by atoms with E-state index in [0.717, 1.165) is 0 Å². The molecule has 0 saturated carbocycles. The van der Waals surface area contributed by atoms with E-state index in [-0.39, 0.29) is 18.4 Å². The molecule has 2 N–H and O–H groups in total. The monoisotopic (exact) mass is 347 g/mol. The van der Waals surface area contributed by atoms with Crippen molar-refractivity contribution in [3.05, 3.63) is 33.3 Å². The Bertz CT molecular complexity index is 491. The highest BCUT2D eigenvalue weighted by atomic mass is 79.9. The van der Waals surface area contributed by atoms with E-state index in [0.29, 0.717) is 15.1 Å². The molecule has 0 aliphatic heterocycles. The maximum atomic E-state index is 11.9. The highest BCUT2D eigenvalue weighted by Gasteiger charge is 2.22. The second kappa shape index (κ2) is 6.91. The fourth-order valence-electron chi connectivity index (χ4n) is 1.55. The van der Waals surface area contributed by atoms with Gasteiger partial charge in [-0.3, -0.25) is 9.59 Å². The van der Waals surface area contributed by atoms with E-state index >= 15 is 0 Å². The molecule has 6 heteroatoms. The van der Waals surface area contributed by atoms with Crippen molar-refractivity contribution < 1.29 is 14.7 Å². The molecule has 0 spiro atoms. The molecule has 0 heterocycles. The summed E-state index contributed by atoms with van der Waals surface area (Å²) in [5.74, 6) is -1.87. The van der Waals surface area contributed by atoms with E-state index in [9.17, 15) is 9.59 Å². The number of nitrogens with one attached hydrogen (secondary N) is 1. The van der Waals surface area contributed by atoms with E-state index in [4.69, 9.17) is 16.7 Å². The molecule has 4 nitrogen and oxygen atoms in total. The molecule has 104 valence electrons. The van der Waals surface area contributed by atoms with Crippen LogP contribution in [0.4, 0.5) is 0 Å². The number of carboxylic acid groups (broad SMARTS) is 1. The van der Waals surface area contributed by atoms with Gasteiger partial charge in [-0.15, -0.1) is 0 Å². The zero-order chi connectivity index (χ0) is 14.6. The first-order valence-corrected chi connectivity index (χ1v) is 6.96. The standard InChI is InChI=1S/C13H15BrClNO3/c1-7(2)9(13(18)19)6-16-12(17)8-3-4-11(15)10(14)5-8/h3-5,7,9H,6H2,1-2H3,(H,16,17)(H,18,19). The predicted molar refractivity (Wildman–Crippen MR) is 77.4 cm³/mol. The number of hydrogen-bond acceptors (Lipinski definition) is 2. The summed E-state index contributed by atoms with van der Waals surface area (Å²) in [5.41, 5.74) is 0.434. The fourth-order valence-corrected chi connectivity index (χ4v) is 2.05. The van der Waals surface area contributed by atoms with Crippen LogP contribution in [-0.4, -0.2) is 23.5 Å². The van der Waals surface area contributed by atoms with Crippen LogP contribution in [-0.2, 0) is 4.79 Å². The molecule has 0 radical (unpaired) electrons. The summed E-state index contributed by atoms with van der Waals surface area (Å²) in [7, 11) is 0. The Morgan fingerprint density at radius 1 is 1.42 bits per heavy atom. The third-order valence-corrected chi connectivity index (χ3v) is 4.00. The Labute approximate surface area is 125 Å². The zero-order valence-corrected chi connectivity index (χ0v) is 13.0. The first kappa shape index (κ1) is 16.0. The minimum absolute atomic E-state index is 0.0465. The van der Waals surface area contributed by atoms with Gasteiger partial charge in [0.15, 0.2) is 0 Å². The van der Waals surface area contributed by atoms with Crippen LogP contribution in [0.5, 0.6) is 0 Å². The SMILES string of the molecule is CC(C)C(CNC(=O)c1ccc(Cl)c(Br)c1)C(=O)O. The number of carbonyl (C=O) groups excluding carboxylic acids is 1. The number of benzene rings is 1. The van der Waals surface area contributed by atoms with Gasteiger partial charge in [0.05, 0.1) is 10.9 Å². The second-order valence-electron chi connectivity index (χ2n) is 4.53. The molecule has 0 saturated heterocycles. The fraction of sp³-hybridized carbons (Fsp3) is 0.385. The van der Waals surface area contributed by atoms with Crippen LogP contribution >= 0.6 is 27.5 Å². The van der Waals surface area contributed by atoms with Gasteiger partial charge in [-0.2, -0.15) is 0 Å². The molecule has 1 atom stereocenters. The number of aliphatic carboxylic acids is 1. The van der Waals surface area contributed by atoms with Gasteiger partial charge in [-0.25, -0.2) is 0 Å². The number of halogens is 2. The van der Waals surface area contributed by atoms with Gasteiger partial charge in [-0.1, -0.05) is 25.4 Å². The molecular formula is C13H15BrClNO3. The lowest BCUT2D eigenvalue weighted by atomic mass is 9.96. The topological polar surface area (TPSA) is 66.4 Å². The van der Waals surface area contributed by atoms with E-state index in [1.807, 2.05) is 13.8 Å². The Morgan fingerprint density at radius 2 is 2.05 bits per heavy atom. The minimum atomic E-state index is -0.910. The maximum absolute atomic E-state index is 11.9. The van der Waals surface area contributed by atoms with Crippen molar-refractivity contribution in [3.63, 3.8) is 0 Å². The smallest absolute Gasteiger partial charge is 0.308 e. The summed E-state index contributed by atoms with van der Waals surface area (Å²) in [5, 5.41) is 12.2. The molecule has 0 aliphatic rings. The van der Waals surface area contributed by atoms with Crippen LogP contribution in [0.2, 0.25) is 5.02 Å². The first-order chi connectivity index (χ1) is 8.82. The van der Waals surface area contributed by atoms with E-state index in [1.165, 1.54) is 0 Å². The van der Waals surface area contributed by atoms with E-state index in [2.05, 4.69) is 21.2 Å². The third kappa shape index (κ3) is 4.51. The van der Waals surface area contributed by atoms with Crippen LogP contribution in [0, 0.1) is 11.8 Å². The lowest BCUT2D eigenvalue weighted by Gasteiger charge is -2.16. The molecule has 1 unspecified atom stereocenters. The van der Waals surface area contributed by atoms with Crippen molar-refractivity contribution in [2.24, 2.45) is 11.8 Å². The summed E-state index contributed by atoms with van der Waals surface area (Å²) >= 11 is 9.07. The minimum Gasteiger partial charge on any atom is -0.481 e. The van der Waals surface area contributed by atoms with E-state index < -0.39 is 11.9 Å². The van der Waals surface area contributed by atoms with Gasteiger partial charge in [-0.05, 0) is 40.0 Å². The average Bonchev–Trinajstić information content (AvgIpc) is 2.31. The predicted octanol–water partition coefficient (Wildman–Crippen LogP) is 3.19. The van der Waals surface area contributed by atoms with Crippen LogP contribution in [0.15, 0.2) is 22.7 Å². The summed E-state index contributed by atoms with van der Waals surface area (Å²) in [6, 6.07) is 4.80. The van der Waals surface area contributed by atoms with Crippen molar-refractivity contribution in [2.75, 3.05) is 6.54 Å². The molecule has 1 aromatic rings. The van der Waals surface area contributed by atoms with Gasteiger partial charge in [0, 0.05) is 16.6 Å². The number of carbonyl (C=O) groups is 2. The van der Waals surface area contributed by atoms with Crippen LogP contribution in [0.1, 0.15) is 24.2 Å². The normalized spacial score (nSPS) is 12.3. The Hall–Kier alpha value is -1.07. The molecule has 0 fully saturated rings. The summed E-state index contributed by atoms with van der Waals surface area (Å²) < 4.78 is 0.625. The maximum Gasteiger partial charge on any atom is 0.308 e. The van der Waals surface area contributed by atoms with Gasteiger partial charge in [0.25, 0.3) is 5.91 Å². The molecule has 1 amide bonds. The van der Waals surface area contributed by atoms with Crippen molar-refractivity contribution in [2.45, 2.75) is 13.8 Å². The third-order valence-electron chi connectivity index (χ3n) is 2.79. The lowest BCUT2D eigenvalue weighted by Crippen LogP contribution is -2.35. The van der Waals surface area contributed by atoms with Gasteiger partial charge >= 0.3 is 5.97 Å². The molecule has 1 aromatic carbocycles. The molecule has 1 rings (SSSR count). The molecular weight excluding hydrogens is 334 g/mol. The number of rotatable bonds is 5. The number of amides is 1. The van der Waals surface area contributed by atoms with Gasteiger partial charge in [0.2, 0.25) is 0 Å². The Morgan fingerprint density at radius 3 is 2.53 bits per heavy atom. The molecule has 0 aromatic heterocycles. The summed E-state index contributed by atoms with van der Waals surface area (Å²) in [6.07, 6.45) is 0. The quantitative estimate of drug-likeness (QED) is 0.859. The number of hydrogen-bond donors (Lipinski definition) is 2. The molecule has 0 aliphatic carbocycles. The van der Waals surface area contributed by atoms with Crippen molar-refractivity contribution >= 4 is 39.4 Å². The zero-order valence-electron chi connectivity index (χ0n) is 10.6. The Kier molecular flexibility index (Phi) is 5.82. The number of carboxylic acids is 1. The lowest BCUT2D eigenvalue weighted by molar-refractivity contribution is -0.142. The van der Waals surface area contributed by atoms with E-state index in [1.54, 1.807) is 18.2 Å². The average molecular weight is 349 g/mol. The first-order valence-electron chi connectivity index (χ1n) is 5.79. The summed E-state index contributed by atoms with van der Waals surface area (Å²) in [4.78, 5) is 22.9. The van der Waals surface area contributed by atoms with Crippen LogP contribution in [0.3, 0.4) is 0 Å². The van der Waals surface area contributed by atoms with Crippen molar-refractivity contribution in [1.29, 1.82) is 0 Å².